The molecule has 1 aliphatic rings. The second-order valence-electron chi connectivity index (χ2n) is 4.69. The molecule has 0 atom stereocenters. The van der Waals surface area contributed by atoms with E-state index >= 15 is 0 Å². The lowest BCUT2D eigenvalue weighted by Crippen LogP contribution is -2.39. The monoisotopic (exact) mass is 301 g/mol. The summed E-state index contributed by atoms with van der Waals surface area (Å²) in [7, 11) is 1.71. The Morgan fingerprint density at radius 2 is 2.32 bits per heavy atom. The van der Waals surface area contributed by atoms with Crippen LogP contribution in [0.5, 0.6) is 0 Å². The van der Waals surface area contributed by atoms with Crippen LogP contribution in [0, 0.1) is 16.7 Å². The van der Waals surface area contributed by atoms with Crippen molar-refractivity contribution in [2.24, 2.45) is 5.41 Å². The molecular weight excluding hydrogens is 286 g/mol. The van der Waals surface area contributed by atoms with Gasteiger partial charge in [-0.2, -0.15) is 9.64 Å². The van der Waals surface area contributed by atoms with Crippen molar-refractivity contribution in [2.75, 3.05) is 38.8 Å². The summed E-state index contributed by atoms with van der Waals surface area (Å²) in [5.41, 5.74) is 0.474. The Bertz CT molecular complexity index is 461. The zero-order valence-corrected chi connectivity index (χ0v) is 12.3. The summed E-state index contributed by atoms with van der Waals surface area (Å²) >= 11 is 7.07. The Morgan fingerprint density at radius 3 is 2.95 bits per heavy atom. The van der Waals surface area contributed by atoms with Gasteiger partial charge < -0.3 is 14.8 Å². The van der Waals surface area contributed by atoms with E-state index in [0.29, 0.717) is 12.2 Å². The van der Waals surface area contributed by atoms with E-state index in [0.717, 1.165) is 37.6 Å². The number of hydrogen-bond acceptors (Lipinski definition) is 6. The van der Waals surface area contributed by atoms with Crippen molar-refractivity contribution in [3.05, 3.63) is 10.7 Å². The summed E-state index contributed by atoms with van der Waals surface area (Å²) in [6.07, 6.45) is 1.89. The Morgan fingerprint density at radius 1 is 1.58 bits per heavy atom. The minimum absolute atomic E-state index is 0.0518. The zero-order chi connectivity index (χ0) is 13.7. The van der Waals surface area contributed by atoms with Crippen LogP contribution in [0.4, 0.5) is 5.00 Å². The minimum atomic E-state index is 0.0518. The summed E-state index contributed by atoms with van der Waals surface area (Å²) in [5.74, 6) is 0. The third-order valence-corrected chi connectivity index (χ3v) is 4.57. The molecule has 1 aliphatic heterocycles. The van der Waals surface area contributed by atoms with E-state index in [9.17, 15) is 0 Å². The van der Waals surface area contributed by atoms with Crippen molar-refractivity contribution >= 4 is 28.1 Å². The molecule has 2 rings (SSSR count). The highest BCUT2D eigenvalue weighted by atomic mass is 35.5. The van der Waals surface area contributed by atoms with Crippen molar-refractivity contribution in [2.45, 2.75) is 12.8 Å². The van der Waals surface area contributed by atoms with Crippen LogP contribution in [0.3, 0.4) is 0 Å². The molecule has 0 saturated carbocycles. The number of nitrogens with zero attached hydrogens (tertiary/aromatic N) is 2. The lowest BCUT2D eigenvalue weighted by molar-refractivity contribution is -0.0203. The van der Waals surface area contributed by atoms with E-state index in [-0.39, 0.29) is 10.6 Å². The zero-order valence-electron chi connectivity index (χ0n) is 10.7. The first-order valence-corrected chi connectivity index (χ1v) is 7.22. The van der Waals surface area contributed by atoms with E-state index in [4.69, 9.17) is 26.3 Å². The Hall–Kier alpha value is -0.870. The summed E-state index contributed by atoms with van der Waals surface area (Å²) < 4.78 is 14.7. The normalized spacial score (nSPS) is 17.9. The van der Waals surface area contributed by atoms with Crippen LogP contribution < -0.4 is 5.32 Å². The predicted molar refractivity (Wildman–Crippen MR) is 74.7 cm³/mol. The van der Waals surface area contributed by atoms with Crippen molar-refractivity contribution in [1.29, 1.82) is 5.26 Å². The van der Waals surface area contributed by atoms with Gasteiger partial charge in [0.1, 0.15) is 16.6 Å². The maximum absolute atomic E-state index is 9.04. The van der Waals surface area contributed by atoms with Gasteiger partial charge in [-0.25, -0.2) is 0 Å². The summed E-state index contributed by atoms with van der Waals surface area (Å²) in [6.45, 7) is 2.91. The van der Waals surface area contributed by atoms with Gasteiger partial charge in [0.25, 0.3) is 0 Å². The fourth-order valence-corrected chi connectivity index (χ4v) is 3.17. The van der Waals surface area contributed by atoms with Crippen molar-refractivity contribution < 1.29 is 9.47 Å². The second kappa shape index (κ2) is 6.53. The Labute approximate surface area is 121 Å². The van der Waals surface area contributed by atoms with Gasteiger partial charge in [-0.05, 0) is 24.4 Å². The van der Waals surface area contributed by atoms with Crippen molar-refractivity contribution in [1.82, 2.24) is 4.37 Å². The summed E-state index contributed by atoms with van der Waals surface area (Å²) in [4.78, 5) is 0. The highest BCUT2D eigenvalue weighted by Gasteiger charge is 2.33. The molecule has 5 nitrogen and oxygen atoms in total. The van der Waals surface area contributed by atoms with Gasteiger partial charge in [0.2, 0.25) is 0 Å². The second-order valence-corrected chi connectivity index (χ2v) is 5.82. The SMILES string of the molecule is COCC1(CNc2snc(Cl)c2C#N)CCOCC1. The molecule has 1 saturated heterocycles. The fraction of sp³-hybridized carbons (Fsp3) is 0.667. The van der Waals surface area contributed by atoms with Crippen LogP contribution in [0.2, 0.25) is 5.15 Å². The molecule has 2 heterocycles. The molecule has 1 fully saturated rings. The lowest BCUT2D eigenvalue weighted by Gasteiger charge is -2.36. The molecule has 104 valence electrons. The molecule has 1 N–H and O–H groups in total. The topological polar surface area (TPSA) is 67.2 Å². The van der Waals surface area contributed by atoms with Gasteiger partial charge >= 0.3 is 0 Å². The molecule has 0 bridgehead atoms. The largest absolute Gasteiger partial charge is 0.384 e. The lowest BCUT2D eigenvalue weighted by atomic mass is 9.81. The highest BCUT2D eigenvalue weighted by molar-refractivity contribution is 7.10. The first-order valence-electron chi connectivity index (χ1n) is 6.06. The highest BCUT2D eigenvalue weighted by Crippen LogP contribution is 2.33. The number of halogens is 1. The average molecular weight is 302 g/mol. The molecule has 0 unspecified atom stereocenters. The molecule has 1 aromatic rings. The van der Waals surface area contributed by atoms with Crippen molar-refractivity contribution in [3.63, 3.8) is 0 Å². The summed E-state index contributed by atoms with van der Waals surface area (Å²) in [6, 6.07) is 2.07. The van der Waals surface area contributed by atoms with Crippen LogP contribution in [0.25, 0.3) is 0 Å². The maximum atomic E-state index is 9.04. The van der Waals surface area contributed by atoms with E-state index in [1.165, 1.54) is 11.5 Å². The van der Waals surface area contributed by atoms with E-state index in [1.807, 2.05) is 0 Å². The van der Waals surface area contributed by atoms with Gasteiger partial charge in [-0.1, -0.05) is 11.6 Å². The smallest absolute Gasteiger partial charge is 0.162 e. The average Bonchev–Trinajstić information content (AvgIpc) is 2.78. The Kier molecular flexibility index (Phi) is 4.99. The number of nitriles is 1. The molecular formula is C12H16ClN3O2S. The van der Waals surface area contributed by atoms with Crippen LogP contribution in [0.1, 0.15) is 18.4 Å². The van der Waals surface area contributed by atoms with Crippen LogP contribution in [-0.2, 0) is 9.47 Å². The fourth-order valence-electron chi connectivity index (χ4n) is 2.24. The minimum Gasteiger partial charge on any atom is -0.384 e. The number of anilines is 1. The van der Waals surface area contributed by atoms with Gasteiger partial charge in [0.05, 0.1) is 6.61 Å². The predicted octanol–water partition coefficient (Wildman–Crippen LogP) is 2.52. The van der Waals surface area contributed by atoms with Crippen LogP contribution in [0.15, 0.2) is 0 Å². The molecule has 1 aromatic heterocycles. The summed E-state index contributed by atoms with van der Waals surface area (Å²) in [5, 5.41) is 13.3. The molecule has 7 heteroatoms. The van der Waals surface area contributed by atoms with Gasteiger partial charge in [0, 0.05) is 32.3 Å². The molecule has 0 aromatic carbocycles. The standard InChI is InChI=1S/C12H16ClN3O2S/c1-17-8-12(2-4-18-5-3-12)7-15-11-9(6-14)10(13)16-19-11/h15H,2-5,7-8H2,1H3. The van der Waals surface area contributed by atoms with Gasteiger partial charge in [0.15, 0.2) is 5.15 Å². The number of ether oxygens (including phenoxy) is 2. The van der Waals surface area contributed by atoms with Crippen LogP contribution >= 0.6 is 23.1 Å². The molecule has 19 heavy (non-hydrogen) atoms. The molecule has 0 aliphatic carbocycles. The third-order valence-electron chi connectivity index (χ3n) is 3.39. The van der Waals surface area contributed by atoms with Gasteiger partial charge in [-0.3, -0.25) is 0 Å². The maximum Gasteiger partial charge on any atom is 0.162 e. The first-order chi connectivity index (χ1) is 9.21. The number of hydrogen-bond donors (Lipinski definition) is 1. The van der Waals surface area contributed by atoms with Crippen molar-refractivity contribution in [3.8, 4) is 6.07 Å². The number of nitrogens with one attached hydrogen (secondary N) is 1. The van der Waals surface area contributed by atoms with Gasteiger partial charge in [-0.15, -0.1) is 0 Å². The van der Waals surface area contributed by atoms with E-state index < -0.39 is 0 Å². The number of methoxy groups -OCH3 is 1. The molecule has 0 spiro atoms. The van der Waals surface area contributed by atoms with E-state index in [2.05, 4.69) is 15.8 Å². The Balaban J connectivity index is 2.04. The quantitative estimate of drug-likeness (QED) is 0.905. The van der Waals surface area contributed by atoms with Crippen LogP contribution in [-0.4, -0.2) is 37.8 Å². The molecule has 0 radical (unpaired) electrons. The van der Waals surface area contributed by atoms with E-state index in [1.54, 1.807) is 7.11 Å². The molecule has 0 amide bonds. The first kappa shape index (κ1) is 14.5. The number of aromatic nitrogens is 1. The number of rotatable bonds is 5. The third kappa shape index (κ3) is 3.37.